The summed E-state index contributed by atoms with van der Waals surface area (Å²) in [6.07, 6.45) is 3.09. The van der Waals surface area contributed by atoms with Gasteiger partial charge >= 0.3 is 0 Å². The molecule has 0 bridgehead atoms. The maximum absolute atomic E-state index is 8.92. The molecule has 0 fully saturated rings. The van der Waals surface area contributed by atoms with Gasteiger partial charge in [-0.15, -0.1) is 0 Å². The van der Waals surface area contributed by atoms with Gasteiger partial charge < -0.3 is 4.74 Å². The predicted molar refractivity (Wildman–Crippen MR) is 73.7 cm³/mol. The molecule has 0 saturated heterocycles. The van der Waals surface area contributed by atoms with Crippen LogP contribution in [-0.2, 0) is 0 Å². The molecule has 3 nitrogen and oxygen atoms in total. The lowest BCUT2D eigenvalue weighted by Gasteiger charge is -2.08. The van der Waals surface area contributed by atoms with E-state index in [1.54, 1.807) is 13.3 Å². The lowest BCUT2D eigenvalue weighted by molar-refractivity contribution is 0.412. The number of rotatable bonds is 2. The van der Waals surface area contributed by atoms with Crippen molar-refractivity contribution in [1.82, 2.24) is 4.98 Å². The minimum absolute atomic E-state index is 0.362. The molecule has 0 amide bonds. The first-order chi connectivity index (χ1) is 8.67. The zero-order valence-corrected chi connectivity index (χ0v) is 11.8. The molecule has 0 N–H and O–H groups in total. The van der Waals surface area contributed by atoms with Gasteiger partial charge in [-0.2, -0.15) is 5.26 Å². The Kier molecular flexibility index (Phi) is 3.85. The van der Waals surface area contributed by atoms with Crippen LogP contribution in [0.5, 0.6) is 5.75 Å². The first-order valence-electron chi connectivity index (χ1n) is 5.05. The second kappa shape index (κ2) is 5.38. The third-order valence-electron chi connectivity index (χ3n) is 2.46. The Morgan fingerprint density at radius 1 is 1.39 bits per heavy atom. The fourth-order valence-corrected chi connectivity index (χ4v) is 2.35. The highest BCUT2D eigenvalue weighted by Crippen LogP contribution is 2.34. The summed E-state index contributed by atoms with van der Waals surface area (Å²) in [7, 11) is 1.60. The van der Waals surface area contributed by atoms with Crippen molar-refractivity contribution in [3.05, 3.63) is 45.7 Å². The van der Waals surface area contributed by atoms with E-state index in [2.05, 4.69) is 20.9 Å². The smallest absolute Gasteiger partial charge is 0.133 e. The van der Waals surface area contributed by atoms with Crippen molar-refractivity contribution in [1.29, 1.82) is 5.26 Å². The number of ether oxygens (including phenoxy) is 1. The van der Waals surface area contributed by atoms with Gasteiger partial charge in [0.1, 0.15) is 11.8 Å². The Hall–Kier alpha value is -1.57. The number of hydrogen-bond acceptors (Lipinski definition) is 3. The minimum atomic E-state index is 0.362. The maximum Gasteiger partial charge on any atom is 0.133 e. The molecule has 2 aromatic rings. The molecule has 18 heavy (non-hydrogen) atoms. The summed E-state index contributed by atoms with van der Waals surface area (Å²) in [5.41, 5.74) is 1.96. The zero-order valence-electron chi connectivity index (χ0n) is 9.45. The van der Waals surface area contributed by atoms with Crippen LogP contribution in [0, 0.1) is 11.3 Å². The highest BCUT2D eigenvalue weighted by atomic mass is 79.9. The van der Waals surface area contributed by atoms with Gasteiger partial charge in [-0.05, 0) is 33.6 Å². The van der Waals surface area contributed by atoms with Crippen molar-refractivity contribution in [3.63, 3.8) is 0 Å². The number of benzene rings is 1. The molecule has 0 aliphatic heterocycles. The van der Waals surface area contributed by atoms with Gasteiger partial charge in [0.2, 0.25) is 0 Å². The summed E-state index contributed by atoms with van der Waals surface area (Å²) in [5, 5.41) is 9.33. The molecular formula is C13H8BrClN2O. The molecule has 0 atom stereocenters. The van der Waals surface area contributed by atoms with Crippen molar-refractivity contribution in [2.45, 2.75) is 0 Å². The second-order valence-electron chi connectivity index (χ2n) is 3.51. The Morgan fingerprint density at radius 2 is 2.17 bits per heavy atom. The fourth-order valence-electron chi connectivity index (χ4n) is 1.56. The summed E-state index contributed by atoms with van der Waals surface area (Å²) in [5.74, 6) is 0.735. The van der Waals surface area contributed by atoms with Gasteiger partial charge in [-0.1, -0.05) is 17.7 Å². The van der Waals surface area contributed by atoms with Crippen molar-refractivity contribution in [2.75, 3.05) is 7.11 Å². The molecule has 0 aliphatic carbocycles. The van der Waals surface area contributed by atoms with Gasteiger partial charge in [-0.25, -0.2) is 0 Å². The molecule has 5 heteroatoms. The van der Waals surface area contributed by atoms with E-state index in [9.17, 15) is 0 Å². The van der Waals surface area contributed by atoms with Gasteiger partial charge in [-0.3, -0.25) is 4.98 Å². The average Bonchev–Trinajstić information content (AvgIpc) is 2.39. The summed E-state index contributed by atoms with van der Waals surface area (Å²) >= 11 is 9.57. The third-order valence-corrected chi connectivity index (χ3v) is 3.49. The minimum Gasteiger partial charge on any atom is -0.496 e. The summed E-state index contributed by atoms with van der Waals surface area (Å²) in [4.78, 5) is 4.01. The Labute approximate surface area is 118 Å². The molecule has 0 aliphatic rings. The van der Waals surface area contributed by atoms with Crippen LogP contribution in [0.2, 0.25) is 5.02 Å². The average molecular weight is 324 g/mol. The van der Waals surface area contributed by atoms with E-state index in [1.807, 2.05) is 24.3 Å². The van der Waals surface area contributed by atoms with Crippen LogP contribution in [0.15, 0.2) is 35.1 Å². The van der Waals surface area contributed by atoms with Gasteiger partial charge in [0.15, 0.2) is 0 Å². The number of halogens is 2. The van der Waals surface area contributed by atoms with E-state index in [0.717, 1.165) is 21.3 Å². The fraction of sp³-hybridized carbons (Fsp3) is 0.0769. The van der Waals surface area contributed by atoms with Crippen LogP contribution < -0.4 is 4.74 Å². The number of nitriles is 1. The van der Waals surface area contributed by atoms with Crippen molar-refractivity contribution in [3.8, 4) is 22.9 Å². The van der Waals surface area contributed by atoms with Crippen molar-refractivity contribution >= 4 is 27.5 Å². The summed E-state index contributed by atoms with van der Waals surface area (Å²) in [6, 6.07) is 7.59. The normalized spacial score (nSPS) is 9.89. The van der Waals surface area contributed by atoms with E-state index in [0.29, 0.717) is 10.6 Å². The van der Waals surface area contributed by atoms with Crippen LogP contribution in [-0.4, -0.2) is 12.1 Å². The number of aromatic nitrogens is 1. The van der Waals surface area contributed by atoms with Gasteiger partial charge in [0.25, 0.3) is 0 Å². The lowest BCUT2D eigenvalue weighted by Crippen LogP contribution is -1.89. The molecule has 0 unspecified atom stereocenters. The molecular weight excluding hydrogens is 316 g/mol. The third kappa shape index (κ3) is 2.33. The van der Waals surface area contributed by atoms with Crippen LogP contribution in [0.1, 0.15) is 5.56 Å². The van der Waals surface area contributed by atoms with Crippen LogP contribution in [0.25, 0.3) is 11.1 Å². The number of hydrogen-bond donors (Lipinski definition) is 0. The topological polar surface area (TPSA) is 45.9 Å². The quantitative estimate of drug-likeness (QED) is 0.837. The number of methoxy groups -OCH3 is 1. The molecule has 90 valence electrons. The molecule has 0 saturated carbocycles. The molecule has 2 rings (SSSR count). The van der Waals surface area contributed by atoms with E-state index < -0.39 is 0 Å². The van der Waals surface area contributed by atoms with Crippen LogP contribution >= 0.6 is 27.5 Å². The SMILES string of the molecule is COc1ccc(-c2cncc(C#N)c2Cl)cc1Br. The molecule has 1 aromatic heterocycles. The van der Waals surface area contributed by atoms with E-state index in [4.69, 9.17) is 21.6 Å². The van der Waals surface area contributed by atoms with Crippen LogP contribution in [0.4, 0.5) is 0 Å². The highest BCUT2D eigenvalue weighted by molar-refractivity contribution is 9.10. The largest absolute Gasteiger partial charge is 0.496 e. The lowest BCUT2D eigenvalue weighted by atomic mass is 10.1. The zero-order chi connectivity index (χ0) is 13.1. The Balaban J connectivity index is 2.56. The van der Waals surface area contributed by atoms with Crippen LogP contribution in [0.3, 0.4) is 0 Å². The standard InChI is InChI=1S/C13H8BrClN2O/c1-18-12-3-2-8(4-11(12)14)10-7-17-6-9(5-16)13(10)15/h2-4,6-7H,1H3. The summed E-state index contributed by atoms with van der Waals surface area (Å²) < 4.78 is 5.98. The first kappa shape index (κ1) is 12.9. The van der Waals surface area contributed by atoms with E-state index in [-0.39, 0.29) is 0 Å². The molecule has 1 aromatic carbocycles. The summed E-state index contributed by atoms with van der Waals surface area (Å²) in [6.45, 7) is 0. The number of pyridine rings is 1. The van der Waals surface area contributed by atoms with Gasteiger partial charge in [0.05, 0.1) is 22.2 Å². The molecule has 0 spiro atoms. The maximum atomic E-state index is 8.92. The predicted octanol–water partition coefficient (Wildman–Crippen LogP) is 4.04. The van der Waals surface area contributed by atoms with Crippen molar-refractivity contribution in [2.24, 2.45) is 0 Å². The Bertz CT molecular complexity index is 637. The first-order valence-corrected chi connectivity index (χ1v) is 6.22. The highest BCUT2D eigenvalue weighted by Gasteiger charge is 2.10. The van der Waals surface area contributed by atoms with E-state index >= 15 is 0 Å². The molecule has 1 heterocycles. The molecule has 0 radical (unpaired) electrons. The van der Waals surface area contributed by atoms with Crippen molar-refractivity contribution < 1.29 is 4.74 Å². The Morgan fingerprint density at radius 3 is 2.78 bits per heavy atom. The monoisotopic (exact) mass is 322 g/mol. The second-order valence-corrected chi connectivity index (χ2v) is 4.74. The van der Waals surface area contributed by atoms with E-state index in [1.165, 1.54) is 6.20 Å². The van der Waals surface area contributed by atoms with Gasteiger partial charge in [0, 0.05) is 18.0 Å². The number of nitrogens with zero attached hydrogens (tertiary/aromatic N) is 2.